The monoisotopic (exact) mass is 361 g/mol. The van der Waals surface area contributed by atoms with E-state index in [1.165, 1.54) is 0 Å². The summed E-state index contributed by atoms with van der Waals surface area (Å²) >= 11 is 6.64. The van der Waals surface area contributed by atoms with Crippen molar-refractivity contribution < 1.29 is 0 Å². The maximum absolute atomic E-state index is 6.64. The molecule has 1 aliphatic rings. The molecule has 0 spiro atoms. The zero-order valence-corrected chi connectivity index (χ0v) is 16.1. The molecule has 5 nitrogen and oxygen atoms in total. The summed E-state index contributed by atoms with van der Waals surface area (Å²) in [6.07, 6.45) is 0. The van der Waals surface area contributed by atoms with Crippen LogP contribution in [0.1, 0.15) is 25.6 Å². The molecule has 0 aliphatic carbocycles. The fourth-order valence-corrected chi connectivity index (χ4v) is 3.80. The molecule has 2 aromatic rings. The maximum atomic E-state index is 6.64. The molecule has 0 radical (unpaired) electrons. The van der Waals surface area contributed by atoms with Crippen LogP contribution in [0, 0.1) is 0 Å². The minimum Gasteiger partial charge on any atom is -0.329 e. The first-order valence-corrected chi connectivity index (χ1v) is 9.36. The Balaban J connectivity index is 1.85. The standard InChI is InChI=1S/C19H28ClN5/c1-14(2)24-9-11-25(12-10-24)16(13-21)17-18(20)23(3)19(22-17)15-7-5-4-6-8-15/h4-8,14,16H,9-13,21H2,1-3H3. The average Bonchev–Trinajstić information content (AvgIpc) is 2.93. The van der Waals surface area contributed by atoms with E-state index in [1.54, 1.807) is 0 Å². The minimum atomic E-state index is 0.0606. The van der Waals surface area contributed by atoms with E-state index in [-0.39, 0.29) is 6.04 Å². The van der Waals surface area contributed by atoms with Crippen molar-refractivity contribution in [1.82, 2.24) is 19.4 Å². The zero-order chi connectivity index (χ0) is 18.0. The molecule has 2 heterocycles. The van der Waals surface area contributed by atoms with E-state index in [2.05, 4.69) is 35.8 Å². The number of nitrogens with two attached hydrogens (primary N) is 1. The molecule has 1 fully saturated rings. The molecule has 1 saturated heterocycles. The van der Waals surface area contributed by atoms with Crippen LogP contribution in [0.25, 0.3) is 11.4 Å². The highest BCUT2D eigenvalue weighted by atomic mass is 35.5. The van der Waals surface area contributed by atoms with Crippen molar-refractivity contribution in [2.75, 3.05) is 32.7 Å². The fourth-order valence-electron chi connectivity index (χ4n) is 3.56. The number of hydrogen-bond donors (Lipinski definition) is 1. The summed E-state index contributed by atoms with van der Waals surface area (Å²) in [6, 6.07) is 10.8. The Morgan fingerprint density at radius 2 is 1.68 bits per heavy atom. The molecule has 6 heteroatoms. The number of imidazole rings is 1. The van der Waals surface area contributed by atoms with Crippen molar-refractivity contribution in [3.8, 4) is 11.4 Å². The molecule has 0 amide bonds. The number of aromatic nitrogens is 2. The Bertz CT molecular complexity index is 689. The first kappa shape index (κ1) is 18.4. The number of piperazine rings is 1. The van der Waals surface area contributed by atoms with Crippen molar-refractivity contribution >= 4 is 11.6 Å². The van der Waals surface area contributed by atoms with Crippen molar-refractivity contribution in [3.63, 3.8) is 0 Å². The molecule has 3 rings (SSSR count). The van der Waals surface area contributed by atoms with Gasteiger partial charge in [0.25, 0.3) is 0 Å². The smallest absolute Gasteiger partial charge is 0.141 e. The summed E-state index contributed by atoms with van der Waals surface area (Å²) in [5, 5.41) is 0.681. The van der Waals surface area contributed by atoms with Crippen LogP contribution in [0.3, 0.4) is 0 Å². The third-order valence-electron chi connectivity index (χ3n) is 5.14. The largest absolute Gasteiger partial charge is 0.329 e. The van der Waals surface area contributed by atoms with Crippen molar-refractivity contribution in [3.05, 3.63) is 41.2 Å². The second-order valence-electron chi connectivity index (χ2n) is 6.95. The number of benzene rings is 1. The molecule has 1 unspecified atom stereocenters. The van der Waals surface area contributed by atoms with Gasteiger partial charge in [-0.3, -0.25) is 9.80 Å². The highest BCUT2D eigenvalue weighted by Gasteiger charge is 2.29. The second-order valence-corrected chi connectivity index (χ2v) is 7.31. The van der Waals surface area contributed by atoms with Gasteiger partial charge in [-0.05, 0) is 13.8 Å². The highest BCUT2D eigenvalue weighted by molar-refractivity contribution is 6.30. The van der Waals surface area contributed by atoms with Gasteiger partial charge in [-0.25, -0.2) is 4.98 Å². The van der Waals surface area contributed by atoms with Crippen LogP contribution in [0.5, 0.6) is 0 Å². The van der Waals surface area contributed by atoms with Crippen molar-refractivity contribution in [2.45, 2.75) is 25.9 Å². The van der Waals surface area contributed by atoms with Crippen LogP contribution in [-0.2, 0) is 7.05 Å². The molecule has 2 N–H and O–H groups in total. The summed E-state index contributed by atoms with van der Waals surface area (Å²) in [5.41, 5.74) is 8.09. The van der Waals surface area contributed by atoms with Gasteiger partial charge in [0.15, 0.2) is 0 Å². The zero-order valence-electron chi connectivity index (χ0n) is 15.3. The quantitative estimate of drug-likeness (QED) is 0.889. The topological polar surface area (TPSA) is 50.3 Å². The number of halogens is 1. The van der Waals surface area contributed by atoms with Crippen molar-refractivity contribution in [1.29, 1.82) is 0 Å². The van der Waals surface area contributed by atoms with Crippen LogP contribution in [0.4, 0.5) is 0 Å². The molecule has 136 valence electrons. The average molecular weight is 362 g/mol. The van der Waals surface area contributed by atoms with E-state index in [0.29, 0.717) is 17.7 Å². The molecule has 25 heavy (non-hydrogen) atoms. The van der Waals surface area contributed by atoms with Gasteiger partial charge in [-0.2, -0.15) is 0 Å². The second kappa shape index (κ2) is 7.87. The fraction of sp³-hybridized carbons (Fsp3) is 0.526. The summed E-state index contributed by atoms with van der Waals surface area (Å²) < 4.78 is 1.96. The predicted molar refractivity (Wildman–Crippen MR) is 104 cm³/mol. The molecule has 1 aromatic carbocycles. The molecule has 1 atom stereocenters. The van der Waals surface area contributed by atoms with E-state index in [4.69, 9.17) is 22.3 Å². The lowest BCUT2D eigenvalue weighted by molar-refractivity contribution is 0.0791. The van der Waals surface area contributed by atoms with Crippen molar-refractivity contribution in [2.24, 2.45) is 12.8 Å². The Labute approximate surface area is 155 Å². The lowest BCUT2D eigenvalue weighted by Gasteiger charge is -2.40. The van der Waals surface area contributed by atoms with Crippen LogP contribution < -0.4 is 5.73 Å². The van der Waals surface area contributed by atoms with E-state index < -0.39 is 0 Å². The summed E-state index contributed by atoms with van der Waals surface area (Å²) in [4.78, 5) is 9.79. The van der Waals surface area contributed by atoms with Gasteiger partial charge in [0.1, 0.15) is 11.0 Å². The Morgan fingerprint density at radius 1 is 1.08 bits per heavy atom. The molecular weight excluding hydrogens is 334 g/mol. The maximum Gasteiger partial charge on any atom is 0.141 e. The first-order valence-electron chi connectivity index (χ1n) is 8.98. The summed E-state index contributed by atoms with van der Waals surface area (Å²) in [7, 11) is 1.96. The summed E-state index contributed by atoms with van der Waals surface area (Å²) in [5.74, 6) is 0.889. The van der Waals surface area contributed by atoms with Crippen LogP contribution in [-0.4, -0.2) is 58.1 Å². The lowest BCUT2D eigenvalue weighted by Crippen LogP contribution is -2.51. The first-order chi connectivity index (χ1) is 12.0. The molecular formula is C19H28ClN5. The van der Waals surface area contributed by atoms with Crippen LogP contribution in [0.2, 0.25) is 5.15 Å². The van der Waals surface area contributed by atoms with E-state index >= 15 is 0 Å². The molecule has 0 bridgehead atoms. The van der Waals surface area contributed by atoms with Gasteiger partial charge in [-0.15, -0.1) is 0 Å². The van der Waals surface area contributed by atoms with Gasteiger partial charge in [0, 0.05) is 51.4 Å². The summed E-state index contributed by atoms with van der Waals surface area (Å²) in [6.45, 7) is 9.12. The van der Waals surface area contributed by atoms with Gasteiger partial charge in [-0.1, -0.05) is 41.9 Å². The van der Waals surface area contributed by atoms with Crippen LogP contribution >= 0.6 is 11.6 Å². The minimum absolute atomic E-state index is 0.0606. The van der Waals surface area contributed by atoms with Gasteiger partial charge < -0.3 is 10.3 Å². The Kier molecular flexibility index (Phi) is 5.79. The molecule has 0 saturated carbocycles. The van der Waals surface area contributed by atoms with Gasteiger partial charge in [0.2, 0.25) is 0 Å². The van der Waals surface area contributed by atoms with E-state index in [0.717, 1.165) is 43.3 Å². The van der Waals surface area contributed by atoms with Crippen LogP contribution in [0.15, 0.2) is 30.3 Å². The van der Waals surface area contributed by atoms with E-state index in [9.17, 15) is 0 Å². The van der Waals surface area contributed by atoms with Gasteiger partial charge >= 0.3 is 0 Å². The normalized spacial score (nSPS) is 18.0. The third kappa shape index (κ3) is 3.75. The Morgan fingerprint density at radius 3 is 2.24 bits per heavy atom. The Hall–Kier alpha value is -1.40. The molecule has 1 aliphatic heterocycles. The SMILES string of the molecule is CC(C)N1CCN(C(CN)c2nc(-c3ccccc3)n(C)c2Cl)CC1. The lowest BCUT2D eigenvalue weighted by atomic mass is 10.1. The molecule has 1 aromatic heterocycles. The number of nitrogens with zero attached hydrogens (tertiary/aromatic N) is 4. The number of rotatable bonds is 5. The third-order valence-corrected chi connectivity index (χ3v) is 5.59. The highest BCUT2D eigenvalue weighted by Crippen LogP contribution is 2.31. The number of hydrogen-bond acceptors (Lipinski definition) is 4. The van der Waals surface area contributed by atoms with E-state index in [1.807, 2.05) is 29.8 Å². The van der Waals surface area contributed by atoms with Gasteiger partial charge in [0.05, 0.1) is 11.7 Å². The predicted octanol–water partition coefficient (Wildman–Crippen LogP) is 2.77.